The summed E-state index contributed by atoms with van der Waals surface area (Å²) in [6.45, 7) is 6.16. The lowest BCUT2D eigenvalue weighted by molar-refractivity contribution is 0.444. The Labute approximate surface area is 103 Å². The lowest BCUT2D eigenvalue weighted by Crippen LogP contribution is -2.02. The molecule has 90 valence electrons. The maximum absolute atomic E-state index is 12.0. The van der Waals surface area contributed by atoms with Gasteiger partial charge in [-0.2, -0.15) is 0 Å². The third kappa shape index (κ3) is 2.47. The first-order valence-corrected chi connectivity index (χ1v) is 6.75. The fourth-order valence-corrected chi connectivity index (χ4v) is 2.92. The molecule has 1 unspecified atom stereocenters. The van der Waals surface area contributed by atoms with E-state index >= 15 is 0 Å². The summed E-state index contributed by atoms with van der Waals surface area (Å²) in [6, 6.07) is 4.15. The molecule has 0 bridgehead atoms. The molecule has 0 aliphatic carbocycles. The molecule has 1 atom stereocenters. The smallest absolute Gasteiger partial charge is 0.287 e. The van der Waals surface area contributed by atoms with E-state index in [1.165, 1.54) is 23.6 Å². The molecule has 1 heterocycles. The van der Waals surface area contributed by atoms with Crippen molar-refractivity contribution in [3.63, 3.8) is 0 Å². The number of hydrogen-bond acceptors (Lipinski definition) is 3. The van der Waals surface area contributed by atoms with E-state index in [0.717, 1.165) is 11.1 Å². The van der Waals surface area contributed by atoms with Crippen LogP contribution in [0, 0.1) is 20.8 Å². The minimum atomic E-state index is -1.21. The Kier molecular flexibility index (Phi) is 3.43. The van der Waals surface area contributed by atoms with E-state index in [9.17, 15) is 4.21 Å². The average molecular weight is 249 g/mol. The fourth-order valence-electron chi connectivity index (χ4n) is 1.75. The van der Waals surface area contributed by atoms with Crippen molar-refractivity contribution in [1.29, 1.82) is 0 Å². The van der Waals surface area contributed by atoms with E-state index in [4.69, 9.17) is 4.42 Å². The van der Waals surface area contributed by atoms with Gasteiger partial charge in [-0.3, -0.25) is 0 Å². The van der Waals surface area contributed by atoms with E-state index in [1.54, 1.807) is 0 Å². The van der Waals surface area contributed by atoms with E-state index in [1.807, 2.05) is 6.92 Å². The molecule has 0 N–H and O–H groups in total. The second-order valence-corrected chi connectivity index (χ2v) is 5.42. The molecule has 4 heteroatoms. The Morgan fingerprint density at radius 3 is 2.59 bits per heavy atom. The average Bonchev–Trinajstić information content (AvgIpc) is 2.83. The third-order valence-corrected chi connectivity index (χ3v) is 4.13. The van der Waals surface area contributed by atoms with Crippen LogP contribution in [0.2, 0.25) is 0 Å². The van der Waals surface area contributed by atoms with Crippen LogP contribution in [0.15, 0.2) is 34.2 Å². The number of aryl methyl sites for hydroxylation is 2. The molecule has 0 saturated heterocycles. The van der Waals surface area contributed by atoms with Crippen molar-refractivity contribution >= 4 is 10.8 Å². The SMILES string of the molecule is Cc1ccc(C)c(CS(=O)c2ncco2)c1C. The van der Waals surface area contributed by atoms with Gasteiger partial charge in [0.25, 0.3) is 5.22 Å². The molecule has 17 heavy (non-hydrogen) atoms. The highest BCUT2D eigenvalue weighted by molar-refractivity contribution is 7.84. The van der Waals surface area contributed by atoms with E-state index < -0.39 is 10.8 Å². The first-order valence-electron chi connectivity index (χ1n) is 5.43. The van der Waals surface area contributed by atoms with Gasteiger partial charge >= 0.3 is 0 Å². The number of rotatable bonds is 3. The van der Waals surface area contributed by atoms with Crippen molar-refractivity contribution in [2.45, 2.75) is 31.7 Å². The summed E-state index contributed by atoms with van der Waals surface area (Å²) in [6.07, 6.45) is 2.96. The van der Waals surface area contributed by atoms with Crippen LogP contribution in [0.4, 0.5) is 0 Å². The van der Waals surface area contributed by atoms with Gasteiger partial charge in [0.1, 0.15) is 17.1 Å². The van der Waals surface area contributed by atoms with Crippen LogP contribution in [0.1, 0.15) is 22.3 Å². The highest BCUT2D eigenvalue weighted by atomic mass is 32.2. The van der Waals surface area contributed by atoms with Crippen molar-refractivity contribution in [2.75, 3.05) is 0 Å². The normalized spacial score (nSPS) is 12.6. The zero-order chi connectivity index (χ0) is 12.4. The van der Waals surface area contributed by atoms with Gasteiger partial charge in [-0.15, -0.1) is 0 Å². The predicted molar refractivity (Wildman–Crippen MR) is 67.3 cm³/mol. The van der Waals surface area contributed by atoms with Gasteiger partial charge in [0.15, 0.2) is 0 Å². The Bertz CT molecular complexity index is 547. The largest absolute Gasteiger partial charge is 0.438 e. The maximum Gasteiger partial charge on any atom is 0.287 e. The van der Waals surface area contributed by atoms with Crippen molar-refractivity contribution in [1.82, 2.24) is 4.98 Å². The van der Waals surface area contributed by atoms with Gasteiger partial charge in [-0.1, -0.05) is 12.1 Å². The second kappa shape index (κ2) is 4.84. The maximum atomic E-state index is 12.0. The molecule has 0 amide bonds. The molecule has 2 rings (SSSR count). The second-order valence-electron chi connectivity index (χ2n) is 4.09. The molecule has 1 aromatic heterocycles. The van der Waals surface area contributed by atoms with Gasteiger partial charge < -0.3 is 4.42 Å². The van der Waals surface area contributed by atoms with Gasteiger partial charge in [0, 0.05) is 0 Å². The summed E-state index contributed by atoms with van der Waals surface area (Å²) in [7, 11) is -1.21. The first-order chi connectivity index (χ1) is 8.09. The highest BCUT2D eigenvalue weighted by Gasteiger charge is 2.13. The van der Waals surface area contributed by atoms with E-state index in [0.29, 0.717) is 11.0 Å². The van der Waals surface area contributed by atoms with Gasteiger partial charge in [-0.25, -0.2) is 9.19 Å². The standard InChI is InChI=1S/C13H15NO2S/c1-9-4-5-10(2)12(11(9)3)8-17(15)13-14-6-7-16-13/h4-7H,8H2,1-3H3. The quantitative estimate of drug-likeness (QED) is 0.840. The summed E-state index contributed by atoms with van der Waals surface area (Å²) >= 11 is 0. The zero-order valence-corrected chi connectivity index (χ0v) is 11.0. The number of benzene rings is 1. The molecule has 0 spiro atoms. The van der Waals surface area contributed by atoms with Crippen LogP contribution in [-0.2, 0) is 16.6 Å². The van der Waals surface area contributed by atoms with E-state index in [-0.39, 0.29) is 0 Å². The minimum Gasteiger partial charge on any atom is -0.438 e. The van der Waals surface area contributed by atoms with Crippen LogP contribution in [0.25, 0.3) is 0 Å². The monoisotopic (exact) mass is 249 g/mol. The molecular formula is C13H15NO2S. The van der Waals surface area contributed by atoms with E-state index in [2.05, 4.69) is 31.0 Å². The Hall–Kier alpha value is -1.42. The molecule has 0 aliphatic rings. The lowest BCUT2D eigenvalue weighted by atomic mass is 10.00. The lowest BCUT2D eigenvalue weighted by Gasteiger charge is -2.10. The van der Waals surface area contributed by atoms with Gasteiger partial charge in [0.05, 0.1) is 11.9 Å². The highest BCUT2D eigenvalue weighted by Crippen LogP contribution is 2.21. The van der Waals surface area contributed by atoms with Gasteiger partial charge in [0.2, 0.25) is 0 Å². The van der Waals surface area contributed by atoms with Crippen LogP contribution in [0.5, 0.6) is 0 Å². The molecule has 3 nitrogen and oxygen atoms in total. The molecule has 2 aromatic rings. The molecule has 0 radical (unpaired) electrons. The molecule has 1 aromatic carbocycles. The summed E-state index contributed by atoms with van der Waals surface area (Å²) in [5.41, 5.74) is 4.70. The fraction of sp³-hybridized carbons (Fsp3) is 0.308. The predicted octanol–water partition coefficient (Wildman–Crippen LogP) is 2.91. The van der Waals surface area contributed by atoms with Crippen molar-refractivity contribution in [3.05, 3.63) is 46.8 Å². The third-order valence-electron chi connectivity index (χ3n) is 2.98. The van der Waals surface area contributed by atoms with Crippen LogP contribution < -0.4 is 0 Å². The molecule has 0 fully saturated rings. The van der Waals surface area contributed by atoms with Gasteiger partial charge in [-0.05, 0) is 43.0 Å². The topological polar surface area (TPSA) is 43.1 Å². The molecular weight excluding hydrogens is 234 g/mol. The number of oxazole rings is 1. The summed E-state index contributed by atoms with van der Waals surface area (Å²) in [5, 5.41) is 0.297. The van der Waals surface area contributed by atoms with Crippen LogP contribution in [-0.4, -0.2) is 9.19 Å². The Morgan fingerprint density at radius 1 is 1.24 bits per heavy atom. The first kappa shape index (κ1) is 12.0. The number of aromatic nitrogens is 1. The summed E-state index contributed by atoms with van der Waals surface area (Å²) in [5.74, 6) is 0.458. The van der Waals surface area contributed by atoms with Crippen molar-refractivity contribution in [2.24, 2.45) is 0 Å². The summed E-state index contributed by atoms with van der Waals surface area (Å²) in [4.78, 5) is 3.93. The zero-order valence-electron chi connectivity index (χ0n) is 10.2. The van der Waals surface area contributed by atoms with Crippen molar-refractivity contribution in [3.8, 4) is 0 Å². The Balaban J connectivity index is 2.31. The minimum absolute atomic E-state index is 0.297. The van der Waals surface area contributed by atoms with Crippen LogP contribution in [0.3, 0.4) is 0 Å². The Morgan fingerprint density at radius 2 is 1.94 bits per heavy atom. The molecule has 0 saturated carbocycles. The number of nitrogens with zero attached hydrogens (tertiary/aromatic N) is 1. The van der Waals surface area contributed by atoms with Crippen LogP contribution >= 0.6 is 0 Å². The molecule has 0 aliphatic heterocycles. The number of hydrogen-bond donors (Lipinski definition) is 0. The summed E-state index contributed by atoms with van der Waals surface area (Å²) < 4.78 is 17.1. The van der Waals surface area contributed by atoms with Crippen molar-refractivity contribution < 1.29 is 8.63 Å².